The number of hydrogen-bond donors (Lipinski definition) is 1. The summed E-state index contributed by atoms with van der Waals surface area (Å²) in [7, 11) is 0. The molecule has 1 heterocycles. The standard InChI is InChI=1S/C7H12NOS.2ClH/c1-6-4-10-5-8(6)3-7(2)9;;/h4-5,7,9H,3H2,1-2H3;2*1H/q+1;;/p-1. The average Bonchev–Trinajstić information content (AvgIpc) is 2.15. The fourth-order valence-corrected chi connectivity index (χ4v) is 1.62. The van der Waals surface area contributed by atoms with Crippen LogP contribution in [-0.2, 0) is 6.54 Å². The van der Waals surface area contributed by atoms with Gasteiger partial charge in [-0.2, -0.15) is 4.57 Å². The highest BCUT2D eigenvalue weighted by Crippen LogP contribution is 1.96. The first-order chi connectivity index (χ1) is 4.70. The molecule has 1 N–H and O–H groups in total. The predicted octanol–water partition coefficient (Wildman–Crippen LogP) is -1.85. The van der Waals surface area contributed by atoms with Crippen LogP contribution in [0.2, 0.25) is 0 Å². The summed E-state index contributed by atoms with van der Waals surface area (Å²) in [5.74, 6) is 0. The number of hydrogen-bond acceptors (Lipinski definition) is 2. The third-order valence-electron chi connectivity index (χ3n) is 1.34. The molecule has 72 valence electrons. The second-order valence-corrected chi connectivity index (χ2v) is 3.22. The maximum Gasteiger partial charge on any atom is 0.225 e. The smallest absolute Gasteiger partial charge is 0.225 e. The number of halogens is 2. The van der Waals surface area contributed by atoms with E-state index in [4.69, 9.17) is 5.11 Å². The molecule has 0 aliphatic heterocycles. The van der Waals surface area contributed by atoms with Crippen molar-refractivity contribution in [1.82, 2.24) is 0 Å². The number of aromatic nitrogens is 1. The first-order valence-electron chi connectivity index (χ1n) is 3.30. The van der Waals surface area contributed by atoms with Crippen LogP contribution in [0.1, 0.15) is 12.6 Å². The van der Waals surface area contributed by atoms with Gasteiger partial charge in [0, 0.05) is 6.92 Å². The van der Waals surface area contributed by atoms with Crippen LogP contribution in [0.4, 0.5) is 0 Å². The number of rotatable bonds is 2. The van der Waals surface area contributed by atoms with E-state index in [-0.39, 0.29) is 30.9 Å². The number of nitrogens with zero attached hydrogens (tertiary/aromatic N) is 1. The summed E-state index contributed by atoms with van der Waals surface area (Å²) in [6.07, 6.45) is -0.252. The lowest BCUT2D eigenvalue weighted by atomic mass is 10.4. The van der Waals surface area contributed by atoms with Gasteiger partial charge in [-0.3, -0.25) is 0 Å². The lowest BCUT2D eigenvalue weighted by molar-refractivity contribution is -0.704. The summed E-state index contributed by atoms with van der Waals surface area (Å²) in [6, 6.07) is 0. The van der Waals surface area contributed by atoms with Gasteiger partial charge in [0.25, 0.3) is 0 Å². The van der Waals surface area contributed by atoms with Crippen molar-refractivity contribution >= 4 is 23.7 Å². The van der Waals surface area contributed by atoms with Crippen molar-refractivity contribution in [2.75, 3.05) is 0 Å². The quantitative estimate of drug-likeness (QED) is 0.593. The molecular weight excluding hydrogens is 217 g/mol. The minimum atomic E-state index is -0.252. The molecular formula is C7H13Cl2NOS. The highest BCUT2D eigenvalue weighted by atomic mass is 35.5. The van der Waals surface area contributed by atoms with Crippen molar-refractivity contribution in [3.8, 4) is 0 Å². The van der Waals surface area contributed by atoms with E-state index in [1.165, 1.54) is 5.69 Å². The third-order valence-corrected chi connectivity index (χ3v) is 2.19. The highest BCUT2D eigenvalue weighted by Gasteiger charge is 2.08. The third kappa shape index (κ3) is 4.26. The molecule has 1 aromatic heterocycles. The van der Waals surface area contributed by atoms with Crippen molar-refractivity contribution in [2.24, 2.45) is 0 Å². The highest BCUT2D eigenvalue weighted by molar-refractivity contribution is 7.07. The number of thiazole rings is 1. The molecule has 1 rings (SSSR count). The zero-order chi connectivity index (χ0) is 7.56. The zero-order valence-electron chi connectivity index (χ0n) is 7.03. The minimum absolute atomic E-state index is 0. The normalized spacial score (nSPS) is 11.2. The molecule has 0 aliphatic rings. The summed E-state index contributed by atoms with van der Waals surface area (Å²) in [6.45, 7) is 4.54. The maximum absolute atomic E-state index is 9.03. The fourth-order valence-electron chi connectivity index (χ4n) is 0.825. The van der Waals surface area contributed by atoms with E-state index < -0.39 is 0 Å². The van der Waals surface area contributed by atoms with E-state index >= 15 is 0 Å². The van der Waals surface area contributed by atoms with Crippen molar-refractivity contribution in [1.29, 1.82) is 0 Å². The van der Waals surface area contributed by atoms with Gasteiger partial charge in [-0.15, -0.1) is 12.4 Å². The SMILES string of the molecule is Cc1csc[n+]1CC(C)O.Cl.[Cl-]. The molecule has 1 aromatic rings. The Labute approximate surface area is 89.1 Å². The van der Waals surface area contributed by atoms with E-state index in [0.29, 0.717) is 6.54 Å². The Morgan fingerprint density at radius 2 is 2.25 bits per heavy atom. The molecule has 0 bridgehead atoms. The molecule has 1 unspecified atom stereocenters. The van der Waals surface area contributed by atoms with E-state index in [9.17, 15) is 0 Å². The van der Waals surface area contributed by atoms with Gasteiger partial charge < -0.3 is 17.5 Å². The van der Waals surface area contributed by atoms with Gasteiger partial charge in [0.1, 0.15) is 6.10 Å². The molecule has 0 aromatic carbocycles. The van der Waals surface area contributed by atoms with Gasteiger partial charge in [-0.1, -0.05) is 11.3 Å². The van der Waals surface area contributed by atoms with Gasteiger partial charge in [0.05, 0.1) is 5.38 Å². The Morgan fingerprint density at radius 3 is 2.58 bits per heavy atom. The Bertz CT molecular complexity index is 215. The van der Waals surface area contributed by atoms with Crippen molar-refractivity contribution in [3.63, 3.8) is 0 Å². The predicted molar refractivity (Wildman–Crippen MR) is 48.2 cm³/mol. The van der Waals surface area contributed by atoms with Gasteiger partial charge in [0.2, 0.25) is 5.51 Å². The van der Waals surface area contributed by atoms with E-state index in [2.05, 4.69) is 9.95 Å². The molecule has 0 saturated heterocycles. The fraction of sp³-hybridized carbons (Fsp3) is 0.571. The monoisotopic (exact) mass is 229 g/mol. The average molecular weight is 230 g/mol. The van der Waals surface area contributed by atoms with Crippen molar-refractivity contribution in [3.05, 3.63) is 16.6 Å². The number of aliphatic hydroxyl groups is 1. The second kappa shape index (κ2) is 6.66. The minimum Gasteiger partial charge on any atom is -1.00 e. The lowest BCUT2D eigenvalue weighted by Crippen LogP contribution is -3.00. The summed E-state index contributed by atoms with van der Waals surface area (Å²) < 4.78 is 2.05. The molecule has 0 amide bonds. The lowest BCUT2D eigenvalue weighted by Gasteiger charge is -1.96. The molecule has 0 aliphatic carbocycles. The van der Waals surface area contributed by atoms with Crippen LogP contribution in [0.5, 0.6) is 0 Å². The molecule has 0 spiro atoms. The zero-order valence-corrected chi connectivity index (χ0v) is 9.42. The Kier molecular flexibility index (Phi) is 8.15. The van der Waals surface area contributed by atoms with Crippen LogP contribution in [0.25, 0.3) is 0 Å². The van der Waals surface area contributed by atoms with Crippen LogP contribution < -0.4 is 17.0 Å². The van der Waals surface area contributed by atoms with Crippen molar-refractivity contribution in [2.45, 2.75) is 26.5 Å². The summed E-state index contributed by atoms with van der Waals surface area (Å²) in [5, 5.41) is 11.1. The molecule has 5 heteroatoms. The van der Waals surface area contributed by atoms with Crippen LogP contribution >= 0.6 is 23.7 Å². The maximum atomic E-state index is 9.03. The summed E-state index contributed by atoms with van der Waals surface area (Å²) in [5.41, 5.74) is 3.23. The second-order valence-electron chi connectivity index (χ2n) is 2.50. The van der Waals surface area contributed by atoms with Gasteiger partial charge in [-0.25, -0.2) is 0 Å². The molecule has 12 heavy (non-hydrogen) atoms. The molecule has 2 nitrogen and oxygen atoms in total. The summed E-state index contributed by atoms with van der Waals surface area (Å²) >= 11 is 1.66. The van der Waals surface area contributed by atoms with E-state index in [1.54, 1.807) is 18.3 Å². The van der Waals surface area contributed by atoms with Crippen LogP contribution in [0, 0.1) is 6.92 Å². The number of aryl methyl sites for hydroxylation is 1. The molecule has 0 radical (unpaired) electrons. The molecule has 1 atom stereocenters. The van der Waals surface area contributed by atoms with Gasteiger partial charge in [0.15, 0.2) is 12.2 Å². The Hall–Kier alpha value is 0.170. The molecule has 0 saturated carbocycles. The van der Waals surface area contributed by atoms with Crippen LogP contribution in [-0.4, -0.2) is 11.2 Å². The van der Waals surface area contributed by atoms with E-state index in [0.717, 1.165) is 0 Å². The number of aliphatic hydroxyl groups excluding tert-OH is 1. The molecule has 0 fully saturated rings. The first-order valence-corrected chi connectivity index (χ1v) is 4.24. The topological polar surface area (TPSA) is 24.1 Å². The van der Waals surface area contributed by atoms with Gasteiger partial charge >= 0.3 is 0 Å². The van der Waals surface area contributed by atoms with E-state index in [1.807, 2.05) is 12.4 Å². The van der Waals surface area contributed by atoms with Gasteiger partial charge in [-0.05, 0) is 6.92 Å². The van der Waals surface area contributed by atoms with Crippen LogP contribution in [0.3, 0.4) is 0 Å². The Balaban J connectivity index is 0. The largest absolute Gasteiger partial charge is 1.00 e. The van der Waals surface area contributed by atoms with Crippen molar-refractivity contribution < 1.29 is 22.1 Å². The summed E-state index contributed by atoms with van der Waals surface area (Å²) in [4.78, 5) is 0. The first kappa shape index (κ1) is 14.7. The Morgan fingerprint density at radius 1 is 1.67 bits per heavy atom. The van der Waals surface area contributed by atoms with Crippen LogP contribution in [0.15, 0.2) is 10.9 Å².